The third kappa shape index (κ3) is 4.03. The van der Waals surface area contributed by atoms with Crippen LogP contribution < -0.4 is 5.32 Å². The summed E-state index contributed by atoms with van der Waals surface area (Å²) in [7, 11) is 1.74. The first-order chi connectivity index (χ1) is 11.2. The van der Waals surface area contributed by atoms with Gasteiger partial charge in [-0.2, -0.15) is 5.10 Å². The monoisotopic (exact) mass is 349 g/mol. The Hall–Kier alpha value is -2.14. The highest BCUT2D eigenvalue weighted by Crippen LogP contribution is 2.25. The third-order valence-corrected chi connectivity index (χ3v) is 4.35. The number of amides is 1. The van der Waals surface area contributed by atoms with Crippen LogP contribution in [0.2, 0.25) is 5.15 Å². The van der Waals surface area contributed by atoms with E-state index < -0.39 is 5.41 Å². The summed E-state index contributed by atoms with van der Waals surface area (Å²) in [5.74, 6) is -0.538. The van der Waals surface area contributed by atoms with E-state index in [-0.39, 0.29) is 11.7 Å². The summed E-state index contributed by atoms with van der Waals surface area (Å²) in [4.78, 5) is 12.0. The summed E-state index contributed by atoms with van der Waals surface area (Å²) in [5, 5.41) is 7.46. The van der Waals surface area contributed by atoms with E-state index in [9.17, 15) is 9.18 Å². The molecule has 1 N–H and O–H groups in total. The van der Waals surface area contributed by atoms with E-state index in [2.05, 4.69) is 10.4 Å². The maximum Gasteiger partial charge on any atom is 0.244 e. The Morgan fingerprint density at radius 1 is 1.42 bits per heavy atom. The standard InChI is InChI=1S/C18H21ClFN3O/c1-12-13(17(19)23(4)22-12)9-10-16(24)21-11-18(2,3)14-7-5-6-8-15(14)20/h5-10H,11H2,1-4H3,(H,21,24)/b10-9+. The van der Waals surface area contributed by atoms with Gasteiger partial charge in [0, 0.05) is 30.6 Å². The molecule has 1 heterocycles. The number of halogens is 2. The van der Waals surface area contributed by atoms with Gasteiger partial charge >= 0.3 is 0 Å². The number of nitrogens with zero attached hydrogens (tertiary/aromatic N) is 2. The Balaban J connectivity index is 2.03. The number of nitrogens with one attached hydrogen (secondary N) is 1. The minimum Gasteiger partial charge on any atom is -0.352 e. The predicted molar refractivity (Wildman–Crippen MR) is 94.4 cm³/mol. The number of benzene rings is 1. The average molecular weight is 350 g/mol. The summed E-state index contributed by atoms with van der Waals surface area (Å²) in [6.45, 7) is 5.91. The highest BCUT2D eigenvalue weighted by Gasteiger charge is 2.24. The average Bonchev–Trinajstić information content (AvgIpc) is 2.76. The second-order valence-electron chi connectivity index (χ2n) is 6.33. The summed E-state index contributed by atoms with van der Waals surface area (Å²) < 4.78 is 15.5. The normalized spacial score (nSPS) is 11.9. The molecular weight excluding hydrogens is 329 g/mol. The fourth-order valence-electron chi connectivity index (χ4n) is 2.47. The summed E-state index contributed by atoms with van der Waals surface area (Å²) in [6, 6.07) is 6.59. The van der Waals surface area contributed by atoms with Gasteiger partial charge in [0.05, 0.1) is 5.69 Å². The second kappa shape index (κ2) is 7.18. The number of carbonyl (C=O) groups excluding carboxylic acids is 1. The van der Waals surface area contributed by atoms with Crippen LogP contribution in [0.1, 0.15) is 30.7 Å². The zero-order valence-corrected chi connectivity index (χ0v) is 15.0. The van der Waals surface area contributed by atoms with Crippen molar-refractivity contribution >= 4 is 23.6 Å². The molecular formula is C18H21ClFN3O. The van der Waals surface area contributed by atoms with E-state index in [1.807, 2.05) is 20.8 Å². The van der Waals surface area contributed by atoms with E-state index >= 15 is 0 Å². The molecule has 0 bridgehead atoms. The Morgan fingerprint density at radius 3 is 2.67 bits per heavy atom. The van der Waals surface area contributed by atoms with Gasteiger partial charge in [0.1, 0.15) is 11.0 Å². The molecule has 0 aliphatic heterocycles. The van der Waals surface area contributed by atoms with Crippen LogP contribution in [0.4, 0.5) is 4.39 Å². The molecule has 0 saturated carbocycles. The van der Waals surface area contributed by atoms with Gasteiger partial charge in [-0.25, -0.2) is 4.39 Å². The fraction of sp³-hybridized carbons (Fsp3) is 0.333. The molecule has 0 aliphatic rings. The van der Waals surface area contributed by atoms with Crippen molar-refractivity contribution in [3.8, 4) is 0 Å². The van der Waals surface area contributed by atoms with E-state index in [0.29, 0.717) is 22.8 Å². The predicted octanol–water partition coefficient (Wildman–Crippen LogP) is 3.63. The van der Waals surface area contributed by atoms with Crippen molar-refractivity contribution < 1.29 is 9.18 Å². The molecule has 0 unspecified atom stereocenters. The van der Waals surface area contributed by atoms with Crippen molar-refractivity contribution in [2.45, 2.75) is 26.2 Å². The van der Waals surface area contributed by atoms with Crippen LogP contribution in [0, 0.1) is 12.7 Å². The highest BCUT2D eigenvalue weighted by atomic mass is 35.5. The first-order valence-electron chi connectivity index (χ1n) is 7.62. The van der Waals surface area contributed by atoms with Gasteiger partial charge in [-0.05, 0) is 24.6 Å². The van der Waals surface area contributed by atoms with Crippen molar-refractivity contribution in [2.75, 3.05) is 6.54 Å². The van der Waals surface area contributed by atoms with E-state index in [4.69, 9.17) is 11.6 Å². The van der Waals surface area contributed by atoms with Crippen molar-refractivity contribution in [1.82, 2.24) is 15.1 Å². The number of rotatable bonds is 5. The maximum atomic E-state index is 13.9. The minimum atomic E-state index is -0.517. The molecule has 0 spiro atoms. The molecule has 1 amide bonds. The van der Waals surface area contributed by atoms with Gasteiger partial charge < -0.3 is 5.32 Å². The second-order valence-corrected chi connectivity index (χ2v) is 6.69. The molecule has 2 rings (SSSR count). The number of hydrogen-bond donors (Lipinski definition) is 1. The largest absolute Gasteiger partial charge is 0.352 e. The lowest BCUT2D eigenvalue weighted by molar-refractivity contribution is -0.116. The molecule has 6 heteroatoms. The Morgan fingerprint density at radius 2 is 2.08 bits per heavy atom. The van der Waals surface area contributed by atoms with Gasteiger partial charge in [0.2, 0.25) is 5.91 Å². The number of aromatic nitrogens is 2. The summed E-state index contributed by atoms with van der Waals surface area (Å²) in [5.41, 5.74) is 1.51. The molecule has 2 aromatic rings. The van der Waals surface area contributed by atoms with Crippen molar-refractivity contribution in [3.63, 3.8) is 0 Å². The first kappa shape index (κ1) is 18.2. The smallest absolute Gasteiger partial charge is 0.244 e. The quantitative estimate of drug-likeness (QED) is 0.838. The van der Waals surface area contributed by atoms with Gasteiger partial charge in [-0.15, -0.1) is 0 Å². The van der Waals surface area contributed by atoms with Crippen LogP contribution in [-0.4, -0.2) is 22.2 Å². The molecule has 0 atom stereocenters. The van der Waals surface area contributed by atoms with Crippen LogP contribution in [0.25, 0.3) is 6.08 Å². The third-order valence-electron chi connectivity index (χ3n) is 3.91. The van der Waals surface area contributed by atoms with Gasteiger partial charge in [-0.1, -0.05) is 43.6 Å². The molecule has 24 heavy (non-hydrogen) atoms. The van der Waals surface area contributed by atoms with Crippen LogP contribution in [0.3, 0.4) is 0 Å². The molecule has 0 saturated heterocycles. The number of carbonyl (C=O) groups is 1. The molecule has 1 aromatic carbocycles. The number of aryl methyl sites for hydroxylation is 2. The van der Waals surface area contributed by atoms with E-state index in [1.54, 1.807) is 36.0 Å². The molecule has 0 fully saturated rings. The van der Waals surface area contributed by atoms with Gasteiger partial charge in [0.15, 0.2) is 0 Å². The topological polar surface area (TPSA) is 46.9 Å². The molecule has 0 aliphatic carbocycles. The summed E-state index contributed by atoms with van der Waals surface area (Å²) in [6.07, 6.45) is 3.05. The number of hydrogen-bond acceptors (Lipinski definition) is 2. The van der Waals surface area contributed by atoms with Crippen LogP contribution in [0.5, 0.6) is 0 Å². The van der Waals surface area contributed by atoms with E-state index in [1.165, 1.54) is 12.1 Å². The van der Waals surface area contributed by atoms with Crippen LogP contribution in [-0.2, 0) is 17.3 Å². The fourth-order valence-corrected chi connectivity index (χ4v) is 2.70. The lowest BCUT2D eigenvalue weighted by Crippen LogP contribution is -2.36. The minimum absolute atomic E-state index is 0.265. The zero-order valence-electron chi connectivity index (χ0n) is 14.2. The summed E-state index contributed by atoms with van der Waals surface area (Å²) >= 11 is 6.12. The molecule has 1 aromatic heterocycles. The first-order valence-corrected chi connectivity index (χ1v) is 8.00. The molecule has 128 valence electrons. The van der Waals surface area contributed by atoms with Crippen LogP contribution >= 0.6 is 11.6 Å². The van der Waals surface area contributed by atoms with Gasteiger partial charge in [-0.3, -0.25) is 9.48 Å². The lowest BCUT2D eigenvalue weighted by Gasteiger charge is -2.25. The zero-order chi connectivity index (χ0) is 17.9. The van der Waals surface area contributed by atoms with Crippen molar-refractivity contribution in [3.05, 3.63) is 58.1 Å². The molecule has 0 radical (unpaired) electrons. The van der Waals surface area contributed by atoms with Crippen molar-refractivity contribution in [1.29, 1.82) is 0 Å². The van der Waals surface area contributed by atoms with E-state index in [0.717, 1.165) is 5.69 Å². The van der Waals surface area contributed by atoms with Crippen LogP contribution in [0.15, 0.2) is 30.3 Å². The lowest BCUT2D eigenvalue weighted by atomic mass is 9.84. The highest BCUT2D eigenvalue weighted by molar-refractivity contribution is 6.31. The van der Waals surface area contributed by atoms with Crippen molar-refractivity contribution in [2.24, 2.45) is 7.05 Å². The SMILES string of the molecule is Cc1nn(C)c(Cl)c1/C=C/C(=O)NCC(C)(C)c1ccccc1F. The molecule has 4 nitrogen and oxygen atoms in total. The Kier molecular flexibility index (Phi) is 5.44. The van der Waals surface area contributed by atoms with Gasteiger partial charge in [0.25, 0.3) is 0 Å². The Bertz CT molecular complexity index is 781. The maximum absolute atomic E-state index is 13.9. The Labute approximate surface area is 146 Å².